The van der Waals surface area contributed by atoms with Crippen molar-refractivity contribution in [3.63, 3.8) is 0 Å². The fourth-order valence-corrected chi connectivity index (χ4v) is 3.63. The maximum absolute atomic E-state index is 13.2. The van der Waals surface area contributed by atoms with E-state index < -0.39 is 6.04 Å². The third-order valence-corrected chi connectivity index (χ3v) is 5.35. The molecule has 0 aliphatic carbocycles. The SMILES string of the molecule is CCCNC(=O)[C@@H](CC)N(Cc1ccc(Cl)cc1Cl)C(=O)CCc1ccccc1. The number of carbonyl (C=O) groups is 2. The molecule has 0 aromatic heterocycles. The minimum absolute atomic E-state index is 0.0710. The van der Waals surface area contributed by atoms with E-state index in [9.17, 15) is 9.59 Å². The first-order chi connectivity index (χ1) is 14.0. The van der Waals surface area contributed by atoms with Crippen LogP contribution in [0.1, 0.15) is 44.2 Å². The lowest BCUT2D eigenvalue weighted by atomic mass is 10.1. The number of nitrogens with zero attached hydrogens (tertiary/aromatic N) is 1. The van der Waals surface area contributed by atoms with Crippen LogP contribution in [0.2, 0.25) is 10.0 Å². The predicted molar refractivity (Wildman–Crippen MR) is 119 cm³/mol. The summed E-state index contributed by atoms with van der Waals surface area (Å²) in [6, 6.07) is 14.5. The van der Waals surface area contributed by atoms with Crippen LogP contribution < -0.4 is 5.32 Å². The van der Waals surface area contributed by atoms with E-state index in [0.717, 1.165) is 17.5 Å². The first-order valence-electron chi connectivity index (χ1n) is 10.0. The van der Waals surface area contributed by atoms with Gasteiger partial charge >= 0.3 is 0 Å². The number of carbonyl (C=O) groups excluding carboxylic acids is 2. The Bertz CT molecular complexity index is 812. The largest absolute Gasteiger partial charge is 0.354 e. The molecule has 2 aromatic rings. The molecule has 0 radical (unpaired) electrons. The fraction of sp³-hybridized carbons (Fsp3) is 0.391. The zero-order valence-electron chi connectivity index (χ0n) is 17.0. The lowest BCUT2D eigenvalue weighted by molar-refractivity contribution is -0.141. The summed E-state index contributed by atoms with van der Waals surface area (Å²) in [6.45, 7) is 4.76. The van der Waals surface area contributed by atoms with E-state index in [4.69, 9.17) is 23.2 Å². The molecular formula is C23H28Cl2N2O2. The molecule has 0 aliphatic heterocycles. The van der Waals surface area contributed by atoms with E-state index in [1.165, 1.54) is 0 Å². The average molecular weight is 435 g/mol. The second-order valence-corrected chi connectivity index (χ2v) is 7.80. The molecule has 0 saturated heterocycles. The van der Waals surface area contributed by atoms with Crippen LogP contribution in [-0.4, -0.2) is 29.3 Å². The Kier molecular flexibility index (Phi) is 9.49. The van der Waals surface area contributed by atoms with Crippen molar-refractivity contribution in [3.8, 4) is 0 Å². The lowest BCUT2D eigenvalue weighted by Crippen LogP contribution is -2.49. The molecule has 0 heterocycles. The molecular weight excluding hydrogens is 407 g/mol. The molecule has 0 spiro atoms. The second-order valence-electron chi connectivity index (χ2n) is 6.96. The number of nitrogens with one attached hydrogen (secondary N) is 1. The monoisotopic (exact) mass is 434 g/mol. The third-order valence-electron chi connectivity index (χ3n) is 4.76. The van der Waals surface area contributed by atoms with Crippen molar-refractivity contribution in [3.05, 3.63) is 69.7 Å². The Morgan fingerprint density at radius 1 is 1.07 bits per heavy atom. The van der Waals surface area contributed by atoms with Gasteiger partial charge in [-0.2, -0.15) is 0 Å². The topological polar surface area (TPSA) is 49.4 Å². The molecule has 2 amide bonds. The van der Waals surface area contributed by atoms with Crippen molar-refractivity contribution < 1.29 is 9.59 Å². The van der Waals surface area contributed by atoms with Crippen molar-refractivity contribution in [1.29, 1.82) is 0 Å². The normalized spacial score (nSPS) is 11.7. The highest BCUT2D eigenvalue weighted by molar-refractivity contribution is 6.35. The van der Waals surface area contributed by atoms with Crippen LogP contribution in [0.4, 0.5) is 0 Å². The van der Waals surface area contributed by atoms with Gasteiger partial charge in [0.15, 0.2) is 0 Å². The molecule has 0 fully saturated rings. The second kappa shape index (κ2) is 11.8. The van der Waals surface area contributed by atoms with Crippen LogP contribution in [0.15, 0.2) is 48.5 Å². The van der Waals surface area contributed by atoms with Crippen molar-refractivity contribution >= 4 is 35.0 Å². The summed E-state index contributed by atoms with van der Waals surface area (Å²) in [5.41, 5.74) is 1.86. The smallest absolute Gasteiger partial charge is 0.242 e. The molecule has 1 atom stereocenters. The summed E-state index contributed by atoms with van der Waals surface area (Å²) in [5, 5.41) is 3.94. The van der Waals surface area contributed by atoms with Gasteiger partial charge in [-0.3, -0.25) is 9.59 Å². The molecule has 2 rings (SSSR count). The molecule has 0 bridgehead atoms. The maximum Gasteiger partial charge on any atom is 0.242 e. The molecule has 0 unspecified atom stereocenters. The number of rotatable bonds is 10. The predicted octanol–water partition coefficient (Wildman–Crippen LogP) is 5.26. The van der Waals surface area contributed by atoms with Gasteiger partial charge in [0.1, 0.15) is 6.04 Å². The highest BCUT2D eigenvalue weighted by atomic mass is 35.5. The van der Waals surface area contributed by atoms with Crippen LogP contribution in [0.5, 0.6) is 0 Å². The maximum atomic E-state index is 13.2. The van der Waals surface area contributed by atoms with Crippen LogP contribution in [-0.2, 0) is 22.6 Å². The van der Waals surface area contributed by atoms with Gasteiger partial charge in [-0.1, -0.05) is 73.4 Å². The van der Waals surface area contributed by atoms with Crippen molar-refractivity contribution in [1.82, 2.24) is 10.2 Å². The minimum Gasteiger partial charge on any atom is -0.354 e. The summed E-state index contributed by atoms with van der Waals surface area (Å²) in [7, 11) is 0. The van der Waals surface area contributed by atoms with Crippen LogP contribution >= 0.6 is 23.2 Å². The molecule has 1 N–H and O–H groups in total. The standard InChI is InChI=1S/C23H28Cl2N2O2/c1-3-14-26-23(29)21(4-2)27(16-18-11-12-19(24)15-20(18)25)22(28)13-10-17-8-6-5-7-9-17/h5-9,11-12,15,21H,3-4,10,13-14,16H2,1-2H3,(H,26,29)/t21-/m1/s1. The fourth-order valence-electron chi connectivity index (χ4n) is 3.16. The van der Waals surface area contributed by atoms with Gasteiger partial charge in [-0.25, -0.2) is 0 Å². The first-order valence-corrected chi connectivity index (χ1v) is 10.8. The van der Waals surface area contributed by atoms with Gasteiger partial charge in [0.25, 0.3) is 0 Å². The minimum atomic E-state index is -0.545. The Morgan fingerprint density at radius 3 is 2.41 bits per heavy atom. The first kappa shape index (κ1) is 23.2. The van der Waals surface area contributed by atoms with Crippen LogP contribution in [0, 0.1) is 0 Å². The van der Waals surface area contributed by atoms with Crippen molar-refractivity contribution in [2.24, 2.45) is 0 Å². The summed E-state index contributed by atoms with van der Waals surface area (Å²) in [4.78, 5) is 27.5. The van der Waals surface area contributed by atoms with Crippen molar-refractivity contribution in [2.75, 3.05) is 6.54 Å². The number of hydrogen-bond acceptors (Lipinski definition) is 2. The van der Waals surface area contributed by atoms with Gasteiger partial charge in [0, 0.05) is 29.6 Å². The molecule has 0 aliphatic rings. The average Bonchev–Trinajstić information content (AvgIpc) is 2.72. The van der Waals surface area contributed by atoms with Gasteiger partial charge in [0.2, 0.25) is 11.8 Å². The van der Waals surface area contributed by atoms with E-state index in [2.05, 4.69) is 5.32 Å². The lowest BCUT2D eigenvalue weighted by Gasteiger charge is -2.31. The molecule has 6 heteroatoms. The third kappa shape index (κ3) is 7.06. The highest BCUT2D eigenvalue weighted by Gasteiger charge is 2.28. The number of halogens is 2. The summed E-state index contributed by atoms with van der Waals surface area (Å²) >= 11 is 12.3. The number of hydrogen-bond donors (Lipinski definition) is 1. The summed E-state index contributed by atoms with van der Waals surface area (Å²) in [5.74, 6) is -0.203. The van der Waals surface area contributed by atoms with E-state index in [1.54, 1.807) is 23.1 Å². The molecule has 2 aromatic carbocycles. The molecule has 156 valence electrons. The van der Waals surface area contributed by atoms with E-state index in [-0.39, 0.29) is 18.4 Å². The van der Waals surface area contributed by atoms with Gasteiger partial charge < -0.3 is 10.2 Å². The van der Waals surface area contributed by atoms with Crippen LogP contribution in [0.25, 0.3) is 0 Å². The zero-order chi connectivity index (χ0) is 21.2. The quantitative estimate of drug-likeness (QED) is 0.554. The van der Waals surface area contributed by atoms with E-state index >= 15 is 0 Å². The van der Waals surface area contributed by atoms with Crippen molar-refractivity contribution in [2.45, 2.75) is 52.1 Å². The Balaban J connectivity index is 2.22. The molecule has 4 nitrogen and oxygen atoms in total. The number of benzene rings is 2. The van der Waals surface area contributed by atoms with E-state index in [0.29, 0.717) is 35.9 Å². The zero-order valence-corrected chi connectivity index (χ0v) is 18.5. The van der Waals surface area contributed by atoms with E-state index in [1.807, 2.05) is 44.2 Å². The Hall–Kier alpha value is -2.04. The highest BCUT2D eigenvalue weighted by Crippen LogP contribution is 2.24. The van der Waals surface area contributed by atoms with Gasteiger partial charge in [-0.05, 0) is 42.5 Å². The number of aryl methyl sites for hydroxylation is 1. The summed E-state index contributed by atoms with van der Waals surface area (Å²) < 4.78 is 0. The van der Waals surface area contributed by atoms with Crippen LogP contribution in [0.3, 0.4) is 0 Å². The van der Waals surface area contributed by atoms with Gasteiger partial charge in [-0.15, -0.1) is 0 Å². The number of amides is 2. The Morgan fingerprint density at radius 2 is 1.79 bits per heavy atom. The van der Waals surface area contributed by atoms with Gasteiger partial charge in [0.05, 0.1) is 0 Å². The molecule has 29 heavy (non-hydrogen) atoms. The Labute approximate surface area is 183 Å². The molecule has 0 saturated carbocycles. The summed E-state index contributed by atoms with van der Waals surface area (Å²) in [6.07, 6.45) is 2.31.